The molecule has 2 rings (SSSR count). The number of hydrogen-bond donors (Lipinski definition) is 0. The lowest BCUT2D eigenvalue weighted by atomic mass is 10.1. The van der Waals surface area contributed by atoms with E-state index < -0.39 is 0 Å². The van der Waals surface area contributed by atoms with E-state index in [9.17, 15) is 4.79 Å². The minimum absolute atomic E-state index is 0.0203. The van der Waals surface area contributed by atoms with Gasteiger partial charge in [-0.15, -0.1) is 0 Å². The standard InChI is InChI=1S/C11H12N2O2/c1-7(14)8-6-13(2)9-4-5-12-11(15-3)10(8)9/h4-6H,1-3H3. The lowest BCUT2D eigenvalue weighted by molar-refractivity contribution is 0.101. The van der Waals surface area contributed by atoms with E-state index in [-0.39, 0.29) is 5.78 Å². The summed E-state index contributed by atoms with van der Waals surface area (Å²) in [4.78, 5) is 15.5. The molecule has 0 saturated heterocycles. The summed E-state index contributed by atoms with van der Waals surface area (Å²) >= 11 is 0. The predicted octanol–water partition coefficient (Wildman–Crippen LogP) is 1.78. The highest BCUT2D eigenvalue weighted by atomic mass is 16.5. The normalized spacial score (nSPS) is 10.6. The number of aryl methyl sites for hydroxylation is 1. The molecule has 2 heterocycles. The summed E-state index contributed by atoms with van der Waals surface area (Å²) in [5, 5.41) is 0.787. The van der Waals surface area contributed by atoms with Gasteiger partial charge in [0.1, 0.15) is 0 Å². The second kappa shape index (κ2) is 3.38. The number of Topliss-reactive ketones (excluding diaryl/α,β-unsaturated/α-hetero) is 1. The van der Waals surface area contributed by atoms with Crippen molar-refractivity contribution in [3.05, 3.63) is 24.0 Å². The van der Waals surface area contributed by atoms with Crippen molar-refractivity contribution in [2.24, 2.45) is 7.05 Å². The molecule has 0 bridgehead atoms. The maximum Gasteiger partial charge on any atom is 0.223 e. The van der Waals surface area contributed by atoms with Crippen molar-refractivity contribution in [2.45, 2.75) is 6.92 Å². The van der Waals surface area contributed by atoms with E-state index >= 15 is 0 Å². The molecule has 2 aromatic heterocycles. The minimum atomic E-state index is 0.0203. The van der Waals surface area contributed by atoms with Crippen molar-refractivity contribution in [3.63, 3.8) is 0 Å². The zero-order valence-corrected chi connectivity index (χ0v) is 8.94. The van der Waals surface area contributed by atoms with Gasteiger partial charge in [0.2, 0.25) is 5.88 Å². The van der Waals surface area contributed by atoms with Gasteiger partial charge >= 0.3 is 0 Å². The van der Waals surface area contributed by atoms with Gasteiger partial charge in [-0.25, -0.2) is 4.98 Å². The summed E-state index contributed by atoms with van der Waals surface area (Å²) in [5.74, 6) is 0.519. The first-order chi connectivity index (χ1) is 7.15. The monoisotopic (exact) mass is 204 g/mol. The molecular weight excluding hydrogens is 192 g/mol. The number of carbonyl (C=O) groups is 1. The van der Waals surface area contributed by atoms with Crippen LogP contribution in [-0.2, 0) is 7.05 Å². The first-order valence-corrected chi connectivity index (χ1v) is 4.64. The maximum absolute atomic E-state index is 11.4. The Morgan fingerprint density at radius 1 is 1.53 bits per heavy atom. The van der Waals surface area contributed by atoms with Gasteiger partial charge in [-0.1, -0.05) is 0 Å². The SMILES string of the molecule is COc1nccc2c1c(C(C)=O)cn2C. The number of ketones is 1. The molecule has 0 N–H and O–H groups in total. The van der Waals surface area contributed by atoms with Gasteiger partial charge in [-0.3, -0.25) is 4.79 Å². The number of pyridine rings is 1. The number of nitrogens with zero attached hydrogens (tertiary/aromatic N) is 2. The molecule has 4 heteroatoms. The molecule has 2 aromatic rings. The van der Waals surface area contributed by atoms with Gasteiger partial charge in [-0.2, -0.15) is 0 Å². The van der Waals surface area contributed by atoms with Crippen molar-refractivity contribution in [3.8, 4) is 5.88 Å². The third-order valence-electron chi connectivity index (χ3n) is 2.44. The van der Waals surface area contributed by atoms with Gasteiger partial charge in [0, 0.05) is 25.0 Å². The molecular formula is C11H12N2O2. The average molecular weight is 204 g/mol. The number of methoxy groups -OCH3 is 1. The molecule has 0 aliphatic carbocycles. The molecule has 0 amide bonds. The average Bonchev–Trinajstić information content (AvgIpc) is 2.56. The number of aromatic nitrogens is 2. The zero-order chi connectivity index (χ0) is 11.0. The van der Waals surface area contributed by atoms with E-state index in [0.717, 1.165) is 10.9 Å². The molecule has 78 valence electrons. The fourth-order valence-corrected chi connectivity index (χ4v) is 1.73. The van der Waals surface area contributed by atoms with Crippen molar-refractivity contribution in [1.82, 2.24) is 9.55 Å². The van der Waals surface area contributed by atoms with Crippen molar-refractivity contribution < 1.29 is 9.53 Å². The third-order valence-corrected chi connectivity index (χ3v) is 2.44. The van der Waals surface area contributed by atoms with Crippen LogP contribution in [0.3, 0.4) is 0 Å². The molecule has 4 nitrogen and oxygen atoms in total. The molecule has 0 fully saturated rings. The van der Waals surface area contributed by atoms with E-state index in [4.69, 9.17) is 4.74 Å². The van der Waals surface area contributed by atoms with Crippen molar-refractivity contribution >= 4 is 16.7 Å². The summed E-state index contributed by atoms with van der Waals surface area (Å²) in [6.07, 6.45) is 3.47. The van der Waals surface area contributed by atoms with Crippen LogP contribution in [0.5, 0.6) is 5.88 Å². The molecule has 0 radical (unpaired) electrons. The van der Waals surface area contributed by atoms with Gasteiger partial charge in [0.25, 0.3) is 0 Å². The molecule has 0 saturated carbocycles. The van der Waals surface area contributed by atoms with Gasteiger partial charge in [0.15, 0.2) is 5.78 Å². The maximum atomic E-state index is 11.4. The topological polar surface area (TPSA) is 44.1 Å². The number of carbonyl (C=O) groups excluding carboxylic acids is 1. The predicted molar refractivity (Wildman–Crippen MR) is 57.3 cm³/mol. The van der Waals surface area contributed by atoms with Gasteiger partial charge in [0.05, 0.1) is 18.0 Å². The fourth-order valence-electron chi connectivity index (χ4n) is 1.73. The first kappa shape index (κ1) is 9.71. The van der Waals surface area contributed by atoms with Crippen LogP contribution in [-0.4, -0.2) is 22.4 Å². The number of hydrogen-bond acceptors (Lipinski definition) is 3. The summed E-state index contributed by atoms with van der Waals surface area (Å²) in [6, 6.07) is 1.87. The quantitative estimate of drug-likeness (QED) is 0.700. The highest BCUT2D eigenvalue weighted by Gasteiger charge is 2.14. The van der Waals surface area contributed by atoms with E-state index in [1.54, 1.807) is 26.4 Å². The Hall–Kier alpha value is -1.84. The van der Waals surface area contributed by atoms with Crippen molar-refractivity contribution in [2.75, 3.05) is 7.11 Å². The highest BCUT2D eigenvalue weighted by Crippen LogP contribution is 2.28. The molecule has 0 aliphatic heterocycles. The van der Waals surface area contributed by atoms with Gasteiger partial charge < -0.3 is 9.30 Å². The van der Waals surface area contributed by atoms with E-state index in [0.29, 0.717) is 11.4 Å². The molecule has 0 aliphatic rings. The lowest BCUT2D eigenvalue weighted by Gasteiger charge is -2.01. The second-order valence-electron chi connectivity index (χ2n) is 3.42. The van der Waals surface area contributed by atoms with Crippen LogP contribution >= 0.6 is 0 Å². The third kappa shape index (κ3) is 1.38. The van der Waals surface area contributed by atoms with Crippen LogP contribution in [0.25, 0.3) is 10.9 Å². The lowest BCUT2D eigenvalue weighted by Crippen LogP contribution is -1.93. The summed E-state index contributed by atoms with van der Waals surface area (Å²) in [5.41, 5.74) is 1.60. The Labute approximate surface area is 87.5 Å². The molecule has 0 spiro atoms. The zero-order valence-electron chi connectivity index (χ0n) is 8.94. The van der Waals surface area contributed by atoms with Crippen LogP contribution < -0.4 is 4.74 Å². The van der Waals surface area contributed by atoms with Gasteiger partial charge in [-0.05, 0) is 13.0 Å². The van der Waals surface area contributed by atoms with Crippen LogP contribution in [0.15, 0.2) is 18.5 Å². The molecule has 0 aromatic carbocycles. The summed E-state index contributed by atoms with van der Waals surface area (Å²) in [6.45, 7) is 1.54. The van der Waals surface area contributed by atoms with Crippen molar-refractivity contribution in [1.29, 1.82) is 0 Å². The Morgan fingerprint density at radius 2 is 2.27 bits per heavy atom. The summed E-state index contributed by atoms with van der Waals surface area (Å²) in [7, 11) is 3.45. The summed E-state index contributed by atoms with van der Waals surface area (Å²) < 4.78 is 7.05. The smallest absolute Gasteiger partial charge is 0.223 e. The fraction of sp³-hybridized carbons (Fsp3) is 0.273. The minimum Gasteiger partial charge on any atom is -0.480 e. The van der Waals surface area contributed by atoms with Crippen LogP contribution in [0.4, 0.5) is 0 Å². The molecule has 0 unspecified atom stereocenters. The second-order valence-corrected chi connectivity index (χ2v) is 3.42. The van der Waals surface area contributed by atoms with E-state index in [1.807, 2.05) is 17.7 Å². The Balaban J connectivity index is 2.88. The molecule has 15 heavy (non-hydrogen) atoms. The largest absolute Gasteiger partial charge is 0.480 e. The number of rotatable bonds is 2. The van der Waals surface area contributed by atoms with Crippen LogP contribution in [0, 0.1) is 0 Å². The first-order valence-electron chi connectivity index (χ1n) is 4.64. The van der Waals surface area contributed by atoms with Crippen LogP contribution in [0.2, 0.25) is 0 Å². The number of fused-ring (bicyclic) bond motifs is 1. The molecule has 0 atom stereocenters. The highest BCUT2D eigenvalue weighted by molar-refractivity contribution is 6.08. The van der Waals surface area contributed by atoms with E-state index in [2.05, 4.69) is 4.98 Å². The Morgan fingerprint density at radius 3 is 2.87 bits per heavy atom. The van der Waals surface area contributed by atoms with E-state index in [1.165, 1.54) is 0 Å². The van der Waals surface area contributed by atoms with Crippen LogP contribution in [0.1, 0.15) is 17.3 Å². The Bertz CT molecular complexity index is 529. The number of ether oxygens (including phenoxy) is 1. The Kier molecular flexibility index (Phi) is 2.19.